The first-order valence-corrected chi connectivity index (χ1v) is 8.88. The molecule has 1 heterocycles. The van der Waals surface area contributed by atoms with Gasteiger partial charge in [-0.1, -0.05) is 6.07 Å². The van der Waals surface area contributed by atoms with Crippen molar-refractivity contribution in [2.75, 3.05) is 11.9 Å². The van der Waals surface area contributed by atoms with Crippen molar-refractivity contribution in [1.82, 2.24) is 10.2 Å². The largest absolute Gasteiger partial charge is 0.481 e. The van der Waals surface area contributed by atoms with Crippen LogP contribution in [0.3, 0.4) is 0 Å². The van der Waals surface area contributed by atoms with Gasteiger partial charge in [-0.25, -0.2) is 0 Å². The van der Waals surface area contributed by atoms with Crippen LogP contribution in [0.1, 0.15) is 31.4 Å². The summed E-state index contributed by atoms with van der Waals surface area (Å²) >= 11 is 0. The second-order valence-electron chi connectivity index (χ2n) is 7.07. The van der Waals surface area contributed by atoms with Gasteiger partial charge in [0.2, 0.25) is 0 Å². The fourth-order valence-corrected chi connectivity index (χ4v) is 3.16. The number of aromatic amines is 1. The summed E-state index contributed by atoms with van der Waals surface area (Å²) in [4.78, 5) is 13.3. The van der Waals surface area contributed by atoms with E-state index in [2.05, 4.69) is 67.2 Å². The molecule has 1 aromatic heterocycles. The number of carboxylic acid groups (broad SMARTS) is 1. The summed E-state index contributed by atoms with van der Waals surface area (Å²) in [5.74, 6) is -0.769. The summed E-state index contributed by atoms with van der Waals surface area (Å²) in [5.41, 5.74) is 6.59. The lowest BCUT2D eigenvalue weighted by Crippen LogP contribution is -2.26. The molecular formula is C21H25N3O2. The molecule has 26 heavy (non-hydrogen) atoms. The minimum atomic E-state index is -0.769. The second kappa shape index (κ2) is 7.20. The Kier molecular flexibility index (Phi) is 4.98. The molecule has 136 valence electrons. The van der Waals surface area contributed by atoms with Crippen LogP contribution in [0.5, 0.6) is 0 Å². The summed E-state index contributed by atoms with van der Waals surface area (Å²) in [6, 6.07) is 10.9. The summed E-state index contributed by atoms with van der Waals surface area (Å²) in [6.45, 7) is 6.38. The van der Waals surface area contributed by atoms with E-state index in [0.29, 0.717) is 12.5 Å². The van der Waals surface area contributed by atoms with Crippen molar-refractivity contribution in [3.05, 3.63) is 47.7 Å². The number of hydrogen-bond acceptors (Lipinski definition) is 3. The average molecular weight is 351 g/mol. The van der Waals surface area contributed by atoms with Crippen molar-refractivity contribution in [2.24, 2.45) is 0 Å². The van der Waals surface area contributed by atoms with Crippen molar-refractivity contribution < 1.29 is 9.90 Å². The summed E-state index contributed by atoms with van der Waals surface area (Å²) < 4.78 is 0. The number of aromatic nitrogens is 2. The molecule has 2 N–H and O–H groups in total. The van der Waals surface area contributed by atoms with Gasteiger partial charge in [-0.3, -0.25) is 9.89 Å². The van der Waals surface area contributed by atoms with Gasteiger partial charge >= 0.3 is 5.97 Å². The molecule has 0 fully saturated rings. The summed E-state index contributed by atoms with van der Waals surface area (Å²) in [6.07, 6.45) is 2.50. The molecule has 0 aliphatic carbocycles. The van der Waals surface area contributed by atoms with E-state index in [9.17, 15) is 4.79 Å². The fourth-order valence-electron chi connectivity index (χ4n) is 3.16. The van der Waals surface area contributed by atoms with Crippen LogP contribution in [0.15, 0.2) is 36.5 Å². The predicted octanol–water partition coefficient (Wildman–Crippen LogP) is 4.40. The molecule has 0 unspecified atom stereocenters. The fraction of sp³-hybridized carbons (Fsp3) is 0.333. The van der Waals surface area contributed by atoms with E-state index in [1.807, 2.05) is 12.3 Å². The minimum absolute atomic E-state index is 0.139. The number of carbonyl (C=O) groups is 1. The van der Waals surface area contributed by atoms with Crippen molar-refractivity contribution in [3.8, 4) is 11.1 Å². The van der Waals surface area contributed by atoms with E-state index in [4.69, 9.17) is 5.11 Å². The Balaban J connectivity index is 2.14. The molecule has 0 radical (unpaired) electrons. The highest BCUT2D eigenvalue weighted by Crippen LogP contribution is 2.35. The number of nitrogens with zero attached hydrogens (tertiary/aromatic N) is 2. The molecule has 3 aromatic rings. The predicted molar refractivity (Wildman–Crippen MR) is 106 cm³/mol. The Labute approximate surface area is 153 Å². The number of nitrogens with one attached hydrogen (secondary N) is 1. The highest BCUT2D eigenvalue weighted by molar-refractivity contribution is 5.88. The van der Waals surface area contributed by atoms with Gasteiger partial charge in [-0.05, 0) is 68.1 Å². The van der Waals surface area contributed by atoms with Gasteiger partial charge in [-0.15, -0.1) is 0 Å². The number of aliphatic carboxylic acids is 1. The molecule has 3 rings (SSSR count). The van der Waals surface area contributed by atoms with Crippen LogP contribution in [0.4, 0.5) is 5.69 Å². The number of rotatable bonds is 6. The van der Waals surface area contributed by atoms with Gasteiger partial charge in [0, 0.05) is 36.1 Å². The monoisotopic (exact) mass is 351 g/mol. The number of H-pyrrole nitrogens is 1. The zero-order chi connectivity index (χ0) is 18.8. The number of fused-ring (bicyclic) bond motifs is 1. The smallest absolute Gasteiger partial charge is 0.303 e. The maximum Gasteiger partial charge on any atom is 0.303 e. The maximum absolute atomic E-state index is 11.0. The van der Waals surface area contributed by atoms with Crippen LogP contribution in [-0.4, -0.2) is 34.4 Å². The number of hydrogen-bond donors (Lipinski definition) is 2. The standard InChI is InChI=1S/C21H25N3O2/c1-13(2)24(4)20-9-14(3)15(6-8-21(25)26)11-18(20)16-5-7-19-17(10-16)12-22-23-19/h5,7,9-13H,6,8H2,1-4H3,(H,22,23)(H,25,26). The van der Waals surface area contributed by atoms with E-state index >= 15 is 0 Å². The number of benzene rings is 2. The first-order chi connectivity index (χ1) is 12.4. The van der Waals surface area contributed by atoms with Crippen LogP contribution in [0, 0.1) is 6.92 Å². The van der Waals surface area contributed by atoms with E-state index in [1.54, 1.807) is 0 Å². The zero-order valence-electron chi connectivity index (χ0n) is 15.7. The third kappa shape index (κ3) is 3.57. The molecule has 0 saturated carbocycles. The van der Waals surface area contributed by atoms with Crippen LogP contribution in [-0.2, 0) is 11.2 Å². The molecule has 0 spiro atoms. The molecule has 5 nitrogen and oxygen atoms in total. The first-order valence-electron chi connectivity index (χ1n) is 8.88. The lowest BCUT2D eigenvalue weighted by molar-refractivity contribution is -0.136. The molecule has 0 aliphatic rings. The van der Waals surface area contributed by atoms with Gasteiger partial charge in [0.05, 0.1) is 11.7 Å². The van der Waals surface area contributed by atoms with E-state index in [-0.39, 0.29) is 6.42 Å². The quantitative estimate of drug-likeness (QED) is 0.690. The summed E-state index contributed by atoms with van der Waals surface area (Å²) in [7, 11) is 2.09. The highest BCUT2D eigenvalue weighted by Gasteiger charge is 2.16. The van der Waals surface area contributed by atoms with Crippen LogP contribution >= 0.6 is 0 Å². The Morgan fingerprint density at radius 1 is 1.27 bits per heavy atom. The molecule has 0 amide bonds. The molecule has 0 bridgehead atoms. The van der Waals surface area contributed by atoms with Gasteiger partial charge in [0.15, 0.2) is 0 Å². The molecule has 0 saturated heterocycles. The average Bonchev–Trinajstić information content (AvgIpc) is 3.07. The van der Waals surface area contributed by atoms with Gasteiger partial charge < -0.3 is 10.0 Å². The number of anilines is 1. The minimum Gasteiger partial charge on any atom is -0.481 e. The van der Waals surface area contributed by atoms with E-state index in [0.717, 1.165) is 38.8 Å². The Hall–Kier alpha value is -2.82. The van der Waals surface area contributed by atoms with Gasteiger partial charge in [-0.2, -0.15) is 5.10 Å². The van der Waals surface area contributed by atoms with E-state index < -0.39 is 5.97 Å². The number of aryl methyl sites for hydroxylation is 2. The van der Waals surface area contributed by atoms with Crippen LogP contribution in [0.2, 0.25) is 0 Å². The topological polar surface area (TPSA) is 69.2 Å². The first kappa shape index (κ1) is 18.0. The summed E-state index contributed by atoms with van der Waals surface area (Å²) in [5, 5.41) is 17.2. The van der Waals surface area contributed by atoms with Crippen molar-refractivity contribution >= 4 is 22.6 Å². The molecule has 0 aliphatic heterocycles. The normalized spacial score (nSPS) is 11.3. The highest BCUT2D eigenvalue weighted by atomic mass is 16.4. The third-order valence-electron chi connectivity index (χ3n) is 4.97. The number of carboxylic acids is 1. The van der Waals surface area contributed by atoms with Crippen LogP contribution in [0.25, 0.3) is 22.0 Å². The van der Waals surface area contributed by atoms with E-state index in [1.165, 1.54) is 0 Å². The Morgan fingerprint density at radius 3 is 2.73 bits per heavy atom. The van der Waals surface area contributed by atoms with Crippen molar-refractivity contribution in [1.29, 1.82) is 0 Å². The Morgan fingerprint density at radius 2 is 2.04 bits per heavy atom. The van der Waals surface area contributed by atoms with Crippen LogP contribution < -0.4 is 4.90 Å². The second-order valence-corrected chi connectivity index (χ2v) is 7.07. The Bertz CT molecular complexity index is 944. The van der Waals surface area contributed by atoms with Crippen molar-refractivity contribution in [2.45, 2.75) is 39.7 Å². The molecule has 2 aromatic carbocycles. The van der Waals surface area contributed by atoms with Gasteiger partial charge in [0.25, 0.3) is 0 Å². The molecule has 0 atom stereocenters. The zero-order valence-corrected chi connectivity index (χ0v) is 15.7. The maximum atomic E-state index is 11.0. The molecule has 5 heteroatoms. The molecular weight excluding hydrogens is 326 g/mol. The lowest BCUT2D eigenvalue weighted by atomic mass is 9.94. The van der Waals surface area contributed by atoms with Gasteiger partial charge in [0.1, 0.15) is 0 Å². The third-order valence-corrected chi connectivity index (χ3v) is 4.97. The van der Waals surface area contributed by atoms with Crippen molar-refractivity contribution in [3.63, 3.8) is 0 Å². The lowest BCUT2D eigenvalue weighted by Gasteiger charge is -2.28. The SMILES string of the molecule is Cc1cc(N(C)C(C)C)c(-c2ccc3[nH]ncc3c2)cc1CCC(=O)O.